The normalized spacial score (nSPS) is 13.0. The Hall–Kier alpha value is -0.758. The van der Waals surface area contributed by atoms with Gasteiger partial charge in [0.25, 0.3) is 10.1 Å². The molecule has 0 bridgehead atoms. The van der Waals surface area contributed by atoms with Crippen molar-refractivity contribution in [2.24, 2.45) is 0 Å². The van der Waals surface area contributed by atoms with Crippen molar-refractivity contribution in [3.8, 4) is 0 Å². The Bertz CT molecular complexity index is 531. The van der Waals surface area contributed by atoms with E-state index >= 15 is 0 Å². The van der Waals surface area contributed by atoms with Crippen LogP contribution in [0.2, 0.25) is 0 Å². The molecule has 0 aromatic heterocycles. The Morgan fingerprint density at radius 1 is 0.842 bits per heavy atom. The van der Waals surface area contributed by atoms with Crippen LogP contribution in [-0.4, -0.2) is 30.3 Å². The van der Waals surface area contributed by atoms with Crippen LogP contribution in [0.1, 0.15) is 11.1 Å². The molecule has 0 amide bonds. The van der Waals surface area contributed by atoms with Crippen LogP contribution in [0.15, 0.2) is 23.1 Å². The highest BCUT2D eigenvalue weighted by molar-refractivity contribution is 7.85. The summed E-state index contributed by atoms with van der Waals surface area (Å²) in [6.45, 7) is 0. The van der Waals surface area contributed by atoms with Gasteiger partial charge in [-0.1, -0.05) is 0 Å². The van der Waals surface area contributed by atoms with Crippen LogP contribution < -0.4 is 0 Å². The monoisotopic (exact) mass is 324 g/mol. The quantitative estimate of drug-likeness (QED) is 0.487. The topological polar surface area (TPSA) is 54.4 Å². The summed E-state index contributed by atoms with van der Waals surface area (Å²) in [5.74, 6) is 0. The van der Waals surface area contributed by atoms with Gasteiger partial charge in [-0.05, 0) is 18.2 Å². The molecule has 0 aliphatic heterocycles. The summed E-state index contributed by atoms with van der Waals surface area (Å²) in [6, 6.07) is -0.399. The van der Waals surface area contributed by atoms with Crippen molar-refractivity contribution in [2.75, 3.05) is 0 Å². The molecule has 19 heavy (non-hydrogen) atoms. The van der Waals surface area contributed by atoms with Crippen LogP contribution in [0.4, 0.5) is 26.3 Å². The van der Waals surface area contributed by atoms with Crippen LogP contribution >= 0.6 is 0 Å². The molecule has 0 heterocycles. The fourth-order valence-electron chi connectivity index (χ4n) is 1.08. The van der Waals surface area contributed by atoms with Gasteiger partial charge in [0.2, 0.25) is 0 Å². The summed E-state index contributed by atoms with van der Waals surface area (Å²) < 4.78 is 103. The van der Waals surface area contributed by atoms with Gasteiger partial charge >= 0.3 is 12.4 Å². The minimum absolute atomic E-state index is 0. The van der Waals surface area contributed by atoms with Crippen molar-refractivity contribution >= 4 is 27.5 Å². The SMILES string of the molecule is O=S(=O)(O)c1cc(C(F)(F)F)cc(C(F)(F)F)c1.[AlH3]. The molecule has 0 spiro atoms. The molecule has 11 heteroatoms. The second-order valence-corrected chi connectivity index (χ2v) is 4.64. The maximum absolute atomic E-state index is 12.3. The molecule has 1 aromatic rings. The highest BCUT2D eigenvalue weighted by atomic mass is 32.2. The molecule has 0 atom stereocenters. The maximum atomic E-state index is 12.3. The van der Waals surface area contributed by atoms with E-state index in [4.69, 9.17) is 4.55 Å². The van der Waals surface area contributed by atoms with Crippen molar-refractivity contribution < 1.29 is 39.3 Å². The lowest BCUT2D eigenvalue weighted by atomic mass is 10.1. The van der Waals surface area contributed by atoms with Crippen molar-refractivity contribution in [1.29, 1.82) is 0 Å². The van der Waals surface area contributed by atoms with E-state index in [2.05, 4.69) is 0 Å². The zero-order valence-corrected chi connectivity index (χ0v) is 8.99. The van der Waals surface area contributed by atoms with Gasteiger partial charge in [-0.15, -0.1) is 0 Å². The van der Waals surface area contributed by atoms with E-state index in [1.165, 1.54) is 0 Å². The summed E-state index contributed by atoms with van der Waals surface area (Å²) in [7, 11) is -5.17. The average molecular weight is 324 g/mol. The van der Waals surface area contributed by atoms with Crippen molar-refractivity contribution in [1.82, 2.24) is 0 Å². The van der Waals surface area contributed by atoms with Crippen LogP contribution in [0.5, 0.6) is 0 Å². The fraction of sp³-hybridized carbons (Fsp3) is 0.250. The molecule has 1 rings (SSSR count). The Labute approximate surface area is 114 Å². The molecular formula is C8H7AlF6O3S. The number of alkyl halides is 6. The maximum Gasteiger partial charge on any atom is 0.416 e. The highest BCUT2D eigenvalue weighted by Gasteiger charge is 2.38. The minimum Gasteiger partial charge on any atom is -0.282 e. The Balaban J connectivity index is 0.00000324. The second kappa shape index (κ2) is 5.32. The van der Waals surface area contributed by atoms with Gasteiger partial charge in [-0.25, -0.2) is 0 Å². The van der Waals surface area contributed by atoms with Crippen LogP contribution in [0.25, 0.3) is 0 Å². The van der Waals surface area contributed by atoms with Crippen molar-refractivity contribution in [3.05, 3.63) is 29.3 Å². The molecule has 0 saturated heterocycles. The Morgan fingerprint density at radius 2 is 1.16 bits per heavy atom. The van der Waals surface area contributed by atoms with Gasteiger partial charge in [-0.2, -0.15) is 34.8 Å². The number of rotatable bonds is 1. The number of halogens is 6. The van der Waals surface area contributed by atoms with Gasteiger partial charge in [0.15, 0.2) is 17.4 Å². The van der Waals surface area contributed by atoms with Crippen LogP contribution in [0, 0.1) is 0 Å². The lowest BCUT2D eigenvalue weighted by Crippen LogP contribution is -2.13. The smallest absolute Gasteiger partial charge is 0.282 e. The minimum atomic E-state index is -5.17. The predicted molar refractivity (Wildman–Crippen MR) is 56.2 cm³/mol. The zero-order valence-electron chi connectivity index (χ0n) is 8.17. The third kappa shape index (κ3) is 4.68. The molecule has 0 radical (unpaired) electrons. The summed E-state index contributed by atoms with van der Waals surface area (Å²) >= 11 is 0. The van der Waals surface area contributed by atoms with Gasteiger partial charge in [0.1, 0.15) is 0 Å². The first kappa shape index (κ1) is 18.2. The van der Waals surface area contributed by atoms with E-state index in [9.17, 15) is 34.8 Å². The zero-order chi connectivity index (χ0) is 14.4. The number of hydrogen-bond acceptors (Lipinski definition) is 2. The van der Waals surface area contributed by atoms with Gasteiger partial charge in [0, 0.05) is 0 Å². The fourth-order valence-corrected chi connectivity index (χ4v) is 1.63. The summed E-state index contributed by atoms with van der Waals surface area (Å²) in [5.41, 5.74) is -3.63. The van der Waals surface area contributed by atoms with E-state index in [1.807, 2.05) is 0 Å². The molecule has 108 valence electrons. The van der Waals surface area contributed by atoms with E-state index in [1.54, 1.807) is 0 Å². The molecular weight excluding hydrogens is 317 g/mol. The molecule has 0 fully saturated rings. The first-order valence-corrected chi connectivity index (χ1v) is 5.53. The van der Waals surface area contributed by atoms with E-state index in [-0.39, 0.29) is 35.6 Å². The Morgan fingerprint density at radius 3 is 1.37 bits per heavy atom. The summed E-state index contributed by atoms with van der Waals surface area (Å²) in [6.07, 6.45) is -10.3. The molecule has 1 N–H and O–H groups in total. The lowest BCUT2D eigenvalue weighted by Gasteiger charge is -2.12. The highest BCUT2D eigenvalue weighted by Crippen LogP contribution is 2.37. The van der Waals surface area contributed by atoms with Gasteiger partial charge in [-0.3, -0.25) is 4.55 Å². The lowest BCUT2D eigenvalue weighted by molar-refractivity contribution is -0.143. The van der Waals surface area contributed by atoms with E-state index in [0.29, 0.717) is 0 Å². The standard InChI is InChI=1S/C8H4F6O3S.Al.3H/c9-7(10,11)4-1-5(8(12,13)14)3-6(2-4)18(15,16)17;;;;/h1-3H,(H,15,16,17);;;;. The molecule has 0 aliphatic rings. The average Bonchev–Trinajstić information content (AvgIpc) is 2.13. The third-order valence-corrected chi connectivity index (χ3v) is 2.69. The molecule has 3 nitrogen and oxygen atoms in total. The molecule has 0 aliphatic carbocycles. The van der Waals surface area contributed by atoms with Crippen molar-refractivity contribution in [2.45, 2.75) is 17.2 Å². The summed E-state index contributed by atoms with van der Waals surface area (Å²) in [5, 5.41) is 0. The number of hydrogen-bond donors (Lipinski definition) is 1. The second-order valence-electron chi connectivity index (χ2n) is 3.22. The van der Waals surface area contributed by atoms with Crippen molar-refractivity contribution in [3.63, 3.8) is 0 Å². The molecule has 1 aromatic carbocycles. The van der Waals surface area contributed by atoms with Crippen LogP contribution in [0.3, 0.4) is 0 Å². The van der Waals surface area contributed by atoms with Crippen LogP contribution in [-0.2, 0) is 22.5 Å². The first-order valence-electron chi connectivity index (χ1n) is 4.09. The molecule has 0 saturated carbocycles. The third-order valence-electron chi connectivity index (χ3n) is 1.86. The first-order chi connectivity index (χ1) is 7.82. The van der Waals surface area contributed by atoms with Gasteiger partial charge < -0.3 is 0 Å². The number of benzene rings is 1. The largest absolute Gasteiger partial charge is 0.416 e. The predicted octanol–water partition coefficient (Wildman–Crippen LogP) is 1.79. The van der Waals surface area contributed by atoms with E-state index in [0.717, 1.165) is 0 Å². The van der Waals surface area contributed by atoms with Gasteiger partial charge in [0.05, 0.1) is 16.0 Å². The molecule has 0 unspecified atom stereocenters. The Kier molecular flexibility index (Phi) is 5.11. The summed E-state index contributed by atoms with van der Waals surface area (Å²) in [4.78, 5) is -1.47. The van der Waals surface area contributed by atoms with E-state index < -0.39 is 38.5 Å².